The molecular weight excluding hydrogens is 1530 g/mol. The predicted octanol–water partition coefficient (Wildman–Crippen LogP) is 21.3. The van der Waals surface area contributed by atoms with Crippen LogP contribution in [0.15, 0.2) is 228 Å². The summed E-state index contributed by atoms with van der Waals surface area (Å²) in [5.74, 6) is 0. The molecular formula is C76H84Br2Cl4N8Ru2-2. The van der Waals surface area contributed by atoms with Crippen LogP contribution in [0.25, 0.3) is 0 Å². The zero-order chi connectivity index (χ0) is 67.0. The molecule has 16 heteroatoms. The Bertz CT molecular complexity index is 3310. The van der Waals surface area contributed by atoms with Gasteiger partial charge in [-0.2, -0.15) is 13.3 Å². The van der Waals surface area contributed by atoms with E-state index in [1.54, 1.807) is 49.6 Å². The summed E-state index contributed by atoms with van der Waals surface area (Å²) in [4.78, 5) is 24.9. The van der Waals surface area contributed by atoms with Crippen LogP contribution in [0.5, 0.6) is 0 Å². The summed E-state index contributed by atoms with van der Waals surface area (Å²) in [6, 6.07) is 57.1. The fourth-order valence-corrected chi connectivity index (χ4v) is 14.9. The first-order valence-corrected chi connectivity index (χ1v) is 42.3. The van der Waals surface area contributed by atoms with Crippen LogP contribution >= 0.6 is 70.6 Å². The standard InChI is InChI=1S/2C21H27N2.2C7H6.2C5H4BrN.2C5H5N.4ClH.2Ru/c2*1-14-9-16(3)20(17(4)10-14)22-7-8-23(13-22)21-18(5)11-15(2)12-19(21)6;2*1-7-5-3-2-4-6-7;2*6-5-2-1-3-7-4-5;2*1-2-4-6-5-3-1;;;;;;/h2*9-13H,7-8H2,1-6H3;2*1-6H;2*1-4H;2*1-5H;4*1H;;/q2*-1;;;;;;;;;;;2*+2/p-4. The predicted molar refractivity (Wildman–Crippen MR) is 400 cm³/mol. The molecule has 2 aliphatic rings. The van der Waals surface area contributed by atoms with Gasteiger partial charge in [-0.05, 0) is 208 Å². The number of aromatic nitrogens is 4. The molecule has 10 aromatic rings. The van der Waals surface area contributed by atoms with Crippen molar-refractivity contribution in [2.24, 2.45) is 0 Å². The third kappa shape index (κ3) is 28.0. The Balaban J connectivity index is 0.000000204. The normalized spacial score (nSPS) is 12.1. The van der Waals surface area contributed by atoms with Gasteiger partial charge in [-0.15, -0.1) is 0 Å². The Morgan fingerprint density at radius 1 is 0.326 bits per heavy atom. The average molecular weight is 1610 g/mol. The van der Waals surface area contributed by atoms with Crippen molar-refractivity contribution >= 4 is 103 Å². The van der Waals surface area contributed by atoms with Gasteiger partial charge < -0.3 is 19.6 Å². The van der Waals surface area contributed by atoms with E-state index in [0.717, 1.165) is 46.3 Å². The van der Waals surface area contributed by atoms with Crippen LogP contribution in [-0.4, -0.2) is 55.3 Å². The van der Waals surface area contributed by atoms with Gasteiger partial charge in [0.05, 0.1) is 0 Å². The maximum atomic E-state index is 5.67. The Labute approximate surface area is 592 Å². The van der Waals surface area contributed by atoms with Crippen molar-refractivity contribution in [2.45, 2.75) is 83.1 Å². The molecule has 92 heavy (non-hydrogen) atoms. The molecule has 2 fully saturated rings. The number of hydrogen-bond donors (Lipinski definition) is 0. The smallest absolute Gasteiger partial charge is 0.0267 e. The zero-order valence-corrected chi connectivity index (χ0v) is 64.1. The Morgan fingerprint density at radius 2 is 0.554 bits per heavy atom. The number of halogens is 6. The third-order valence-corrected chi connectivity index (χ3v) is 18.5. The maximum absolute atomic E-state index is 5.67. The first-order valence-electron chi connectivity index (χ1n) is 29.8. The quantitative estimate of drug-likeness (QED) is 0.121. The molecule has 0 unspecified atom stereocenters. The van der Waals surface area contributed by atoms with Crippen LogP contribution in [0.1, 0.15) is 77.9 Å². The second-order valence-corrected chi connectivity index (χ2v) is 35.1. The molecule has 2 aliphatic heterocycles. The molecule has 0 radical (unpaired) electrons. The molecule has 0 amide bonds. The average Bonchev–Trinajstić information content (AvgIpc) is 1.62. The van der Waals surface area contributed by atoms with Crippen molar-refractivity contribution in [3.05, 3.63) is 320 Å². The summed E-state index contributed by atoms with van der Waals surface area (Å²) in [6.45, 7) is 35.1. The van der Waals surface area contributed by atoms with Crippen LogP contribution < -0.4 is 19.6 Å². The largest absolute Gasteiger partial charge is 0.265 e. The molecule has 488 valence electrons. The van der Waals surface area contributed by atoms with E-state index in [1.807, 2.05) is 131 Å². The van der Waals surface area contributed by atoms with Gasteiger partial charge >= 0.3 is 147 Å². The van der Waals surface area contributed by atoms with Crippen LogP contribution in [0.3, 0.4) is 0 Å². The minimum atomic E-state index is -1.61. The van der Waals surface area contributed by atoms with E-state index >= 15 is 0 Å². The van der Waals surface area contributed by atoms with Gasteiger partial charge in [0.2, 0.25) is 0 Å². The molecule has 12 rings (SSSR count). The number of anilines is 4. The fraction of sp³-hybridized carbons (Fsp3) is 0.211. The van der Waals surface area contributed by atoms with E-state index in [9.17, 15) is 0 Å². The molecule has 0 atom stereocenters. The summed E-state index contributed by atoms with van der Waals surface area (Å²) in [7, 11) is 22.7. The van der Waals surface area contributed by atoms with Crippen LogP contribution in [0.2, 0.25) is 0 Å². The minimum absolute atomic E-state index is 1.02. The number of aryl methyl sites for hydroxylation is 12. The molecule has 6 heterocycles. The second-order valence-electron chi connectivity index (χ2n) is 21.8. The molecule has 2 saturated heterocycles. The fourth-order valence-electron chi connectivity index (χ4n) is 10.7. The van der Waals surface area contributed by atoms with Gasteiger partial charge in [0.25, 0.3) is 0 Å². The Morgan fingerprint density at radius 3 is 0.717 bits per heavy atom. The van der Waals surface area contributed by atoms with Crippen molar-refractivity contribution in [3.8, 4) is 0 Å². The number of hydrogen-bond acceptors (Lipinski definition) is 8. The second kappa shape index (κ2) is 41.8. The van der Waals surface area contributed by atoms with Crippen molar-refractivity contribution < 1.29 is 27.0 Å². The Kier molecular flexibility index (Phi) is 35.0. The van der Waals surface area contributed by atoms with E-state index in [1.165, 1.54) is 89.5 Å². The van der Waals surface area contributed by atoms with E-state index in [-0.39, 0.29) is 0 Å². The maximum Gasteiger partial charge on any atom is 0.0267 e. The van der Waals surface area contributed by atoms with Gasteiger partial charge in [-0.1, -0.05) is 82.9 Å². The summed E-state index contributed by atoms with van der Waals surface area (Å²) in [5, 5.41) is 0. The summed E-state index contributed by atoms with van der Waals surface area (Å²) in [5.41, 5.74) is 23.9. The SMILES string of the molecule is Brc1cccnc1.Brc1cccnc1.Cc1cc(C)c(N2[CH-]N(c3c(C)cc(C)cc3C)CC2)c(C)c1.Cc1cc(C)c(N2[CH-]N(c3c(C)cc(C)cc3C)CC2)c(C)c1.[Cl][Ru]([Cl])=[CH]c1ccccc1.[Cl][Ru]([Cl])=[CH]c1ccccc1.c1ccncc1.c1ccncc1. The number of benzene rings is 6. The molecule has 0 saturated carbocycles. The topological polar surface area (TPSA) is 64.5 Å². The van der Waals surface area contributed by atoms with Gasteiger partial charge in [0.15, 0.2) is 0 Å². The van der Waals surface area contributed by atoms with Crippen molar-refractivity contribution in [2.75, 3.05) is 45.8 Å². The van der Waals surface area contributed by atoms with Gasteiger partial charge in [-0.3, -0.25) is 19.9 Å². The van der Waals surface area contributed by atoms with Crippen LogP contribution in [0, 0.1) is 96.4 Å². The molecule has 4 aromatic heterocycles. The first kappa shape index (κ1) is 76.9. The minimum Gasteiger partial charge on any atom is -0.265 e. The number of rotatable bonds is 6. The van der Waals surface area contributed by atoms with Crippen LogP contribution in [-0.2, 0) is 27.0 Å². The first-order chi connectivity index (χ1) is 44.1. The zero-order valence-electron chi connectivity index (χ0n) is 54.5. The third-order valence-electron chi connectivity index (χ3n) is 13.8. The molecule has 6 aromatic carbocycles. The van der Waals surface area contributed by atoms with Gasteiger partial charge in [0.1, 0.15) is 0 Å². The summed E-state index contributed by atoms with van der Waals surface area (Å²) in [6.07, 6.45) is 14.0. The molecule has 0 N–H and O–H groups in total. The van der Waals surface area contributed by atoms with Gasteiger partial charge in [-0.25, -0.2) is 0 Å². The summed E-state index contributed by atoms with van der Waals surface area (Å²) < 4.78 is 5.89. The van der Waals surface area contributed by atoms with Crippen molar-refractivity contribution in [3.63, 3.8) is 0 Å². The van der Waals surface area contributed by atoms with E-state index < -0.39 is 27.0 Å². The molecule has 0 aliphatic carbocycles. The molecule has 8 nitrogen and oxygen atoms in total. The van der Waals surface area contributed by atoms with Gasteiger partial charge in [0, 0.05) is 107 Å². The number of pyridine rings is 4. The number of nitrogens with zero attached hydrogens (tertiary/aromatic N) is 8. The van der Waals surface area contributed by atoms with Crippen LogP contribution in [0.4, 0.5) is 22.7 Å². The van der Waals surface area contributed by atoms with E-state index in [0.29, 0.717) is 0 Å². The monoisotopic (exact) mass is 1610 g/mol. The Hall–Kier alpha value is -5.77. The summed E-state index contributed by atoms with van der Waals surface area (Å²) >= 11 is 3.27. The van der Waals surface area contributed by atoms with E-state index in [2.05, 4.69) is 216 Å². The van der Waals surface area contributed by atoms with E-state index in [4.69, 9.17) is 38.8 Å². The molecule has 0 bridgehead atoms. The van der Waals surface area contributed by atoms with Crippen molar-refractivity contribution in [1.82, 2.24) is 19.9 Å². The van der Waals surface area contributed by atoms with Crippen molar-refractivity contribution in [1.29, 1.82) is 0 Å². The molecule has 0 spiro atoms.